The Morgan fingerprint density at radius 3 is 3.06 bits per heavy atom. The number of imidazole rings is 1. The molecular weight excluding hydrogens is 216 g/mol. The lowest BCUT2D eigenvalue weighted by atomic mass is 10.4. The molecule has 2 heterocycles. The smallest absolute Gasteiger partial charge is 0.207 e. The van der Waals surface area contributed by atoms with Crippen molar-refractivity contribution in [3.05, 3.63) is 36.4 Å². The molecule has 90 valence electrons. The number of hydrogen-bond acceptors (Lipinski definition) is 4. The Hall–Kier alpha value is -1.88. The number of hydrogen-bond donors (Lipinski definition) is 1. The van der Waals surface area contributed by atoms with Crippen LogP contribution in [-0.4, -0.2) is 34.8 Å². The molecule has 1 N–H and O–H groups in total. The van der Waals surface area contributed by atoms with Crippen LogP contribution in [0.2, 0.25) is 0 Å². The molecule has 2 aromatic heterocycles. The summed E-state index contributed by atoms with van der Waals surface area (Å²) >= 11 is 0. The van der Waals surface area contributed by atoms with Gasteiger partial charge in [-0.1, -0.05) is 0 Å². The lowest BCUT2D eigenvalue weighted by Gasteiger charge is -2.08. The molecule has 0 bridgehead atoms. The van der Waals surface area contributed by atoms with E-state index in [2.05, 4.69) is 15.3 Å². The fourth-order valence-electron chi connectivity index (χ4n) is 1.58. The SMILES string of the molecule is COCCNc1nc(C)cn1-c1cccnc1. The maximum Gasteiger partial charge on any atom is 0.207 e. The van der Waals surface area contributed by atoms with Crippen LogP contribution >= 0.6 is 0 Å². The first-order valence-electron chi connectivity index (χ1n) is 5.50. The molecule has 0 amide bonds. The lowest BCUT2D eigenvalue weighted by molar-refractivity contribution is 0.210. The maximum absolute atomic E-state index is 5.00. The predicted octanol–water partition coefficient (Wildman–Crippen LogP) is 1.63. The Morgan fingerprint density at radius 2 is 2.35 bits per heavy atom. The first kappa shape index (κ1) is 11.6. The van der Waals surface area contributed by atoms with Crippen LogP contribution in [0.1, 0.15) is 5.69 Å². The predicted molar refractivity (Wildman–Crippen MR) is 66.5 cm³/mol. The summed E-state index contributed by atoms with van der Waals surface area (Å²) in [4.78, 5) is 8.53. The molecule has 0 spiro atoms. The minimum Gasteiger partial charge on any atom is -0.383 e. The number of nitrogens with one attached hydrogen (secondary N) is 1. The number of aryl methyl sites for hydroxylation is 1. The number of nitrogens with zero attached hydrogens (tertiary/aromatic N) is 3. The van der Waals surface area contributed by atoms with E-state index in [0.717, 1.165) is 23.9 Å². The van der Waals surface area contributed by atoms with Crippen LogP contribution in [0.5, 0.6) is 0 Å². The molecule has 0 aliphatic carbocycles. The first-order chi connectivity index (χ1) is 8.31. The van der Waals surface area contributed by atoms with E-state index in [1.165, 1.54) is 0 Å². The molecule has 0 atom stereocenters. The van der Waals surface area contributed by atoms with Crippen LogP contribution in [0.25, 0.3) is 5.69 Å². The summed E-state index contributed by atoms with van der Waals surface area (Å²) in [5.41, 5.74) is 1.96. The molecule has 0 aromatic carbocycles. The molecule has 0 saturated carbocycles. The van der Waals surface area contributed by atoms with Gasteiger partial charge in [-0.05, 0) is 19.1 Å². The summed E-state index contributed by atoms with van der Waals surface area (Å²) < 4.78 is 6.99. The zero-order chi connectivity index (χ0) is 12.1. The van der Waals surface area contributed by atoms with Crippen molar-refractivity contribution in [1.29, 1.82) is 0 Å². The fraction of sp³-hybridized carbons (Fsp3) is 0.333. The minimum atomic E-state index is 0.652. The second kappa shape index (κ2) is 5.45. The molecule has 0 fully saturated rings. The van der Waals surface area contributed by atoms with Gasteiger partial charge in [0, 0.05) is 26.0 Å². The third-order valence-corrected chi connectivity index (χ3v) is 2.34. The van der Waals surface area contributed by atoms with Gasteiger partial charge >= 0.3 is 0 Å². The van der Waals surface area contributed by atoms with Crippen molar-refractivity contribution in [1.82, 2.24) is 14.5 Å². The van der Waals surface area contributed by atoms with Gasteiger partial charge in [0.15, 0.2) is 0 Å². The summed E-state index contributed by atoms with van der Waals surface area (Å²) in [7, 11) is 1.68. The highest BCUT2D eigenvalue weighted by atomic mass is 16.5. The van der Waals surface area contributed by atoms with E-state index < -0.39 is 0 Å². The number of aromatic nitrogens is 3. The lowest BCUT2D eigenvalue weighted by Crippen LogP contribution is -2.11. The topological polar surface area (TPSA) is 52.0 Å². The number of anilines is 1. The molecule has 0 saturated heterocycles. The molecule has 17 heavy (non-hydrogen) atoms. The molecule has 2 rings (SSSR count). The van der Waals surface area contributed by atoms with E-state index in [4.69, 9.17) is 4.74 Å². The van der Waals surface area contributed by atoms with E-state index in [1.807, 2.05) is 36.0 Å². The average Bonchev–Trinajstić information content (AvgIpc) is 2.72. The van der Waals surface area contributed by atoms with Gasteiger partial charge < -0.3 is 10.1 Å². The fourth-order valence-corrected chi connectivity index (χ4v) is 1.58. The molecule has 5 nitrogen and oxygen atoms in total. The Balaban J connectivity index is 2.22. The molecule has 0 unspecified atom stereocenters. The second-order valence-electron chi connectivity index (χ2n) is 3.71. The van der Waals surface area contributed by atoms with Gasteiger partial charge in [-0.3, -0.25) is 9.55 Å². The Labute approximate surface area is 100 Å². The van der Waals surface area contributed by atoms with Crippen molar-refractivity contribution < 1.29 is 4.74 Å². The number of ether oxygens (including phenoxy) is 1. The van der Waals surface area contributed by atoms with Crippen LogP contribution in [0.4, 0.5) is 5.95 Å². The average molecular weight is 232 g/mol. The van der Waals surface area contributed by atoms with Gasteiger partial charge in [0.25, 0.3) is 0 Å². The highest BCUT2D eigenvalue weighted by molar-refractivity contribution is 5.41. The molecule has 2 aromatic rings. The highest BCUT2D eigenvalue weighted by Gasteiger charge is 2.06. The van der Waals surface area contributed by atoms with E-state index in [-0.39, 0.29) is 0 Å². The molecule has 0 radical (unpaired) electrons. The van der Waals surface area contributed by atoms with Crippen LogP contribution in [-0.2, 0) is 4.74 Å². The summed E-state index contributed by atoms with van der Waals surface area (Å²) in [5, 5.41) is 3.23. The normalized spacial score (nSPS) is 10.5. The first-order valence-corrected chi connectivity index (χ1v) is 5.50. The summed E-state index contributed by atoms with van der Waals surface area (Å²) in [6.45, 7) is 3.35. The largest absolute Gasteiger partial charge is 0.383 e. The van der Waals surface area contributed by atoms with E-state index in [1.54, 1.807) is 13.3 Å². The monoisotopic (exact) mass is 232 g/mol. The van der Waals surface area contributed by atoms with Gasteiger partial charge in [0.05, 0.1) is 24.2 Å². The van der Waals surface area contributed by atoms with Crippen LogP contribution in [0.3, 0.4) is 0 Å². The molecular formula is C12H16N4O. The quantitative estimate of drug-likeness (QED) is 0.796. The Morgan fingerprint density at radius 1 is 1.47 bits per heavy atom. The van der Waals surface area contributed by atoms with Gasteiger partial charge in [-0.15, -0.1) is 0 Å². The van der Waals surface area contributed by atoms with E-state index in [9.17, 15) is 0 Å². The Bertz CT molecular complexity index is 467. The molecule has 0 aliphatic heterocycles. The standard InChI is InChI=1S/C12H16N4O/c1-10-9-16(11-4-3-5-13-8-11)12(15-10)14-6-7-17-2/h3-5,8-9H,6-7H2,1-2H3,(H,14,15). The van der Waals surface area contributed by atoms with Gasteiger partial charge in [-0.25, -0.2) is 4.98 Å². The summed E-state index contributed by atoms with van der Waals surface area (Å²) in [5.74, 6) is 0.813. The number of methoxy groups -OCH3 is 1. The highest BCUT2D eigenvalue weighted by Crippen LogP contribution is 2.15. The van der Waals surface area contributed by atoms with Gasteiger partial charge in [0.2, 0.25) is 5.95 Å². The van der Waals surface area contributed by atoms with Crippen molar-refractivity contribution in [2.24, 2.45) is 0 Å². The summed E-state index contributed by atoms with van der Waals surface area (Å²) in [6.07, 6.45) is 5.54. The molecule has 5 heteroatoms. The van der Waals surface area contributed by atoms with Gasteiger partial charge in [0.1, 0.15) is 0 Å². The number of pyridine rings is 1. The van der Waals surface area contributed by atoms with Crippen molar-refractivity contribution in [3.63, 3.8) is 0 Å². The maximum atomic E-state index is 5.00. The minimum absolute atomic E-state index is 0.652. The molecule has 0 aliphatic rings. The number of rotatable bonds is 5. The van der Waals surface area contributed by atoms with Crippen LogP contribution in [0, 0.1) is 6.92 Å². The van der Waals surface area contributed by atoms with Crippen molar-refractivity contribution in [3.8, 4) is 5.69 Å². The second-order valence-corrected chi connectivity index (χ2v) is 3.71. The van der Waals surface area contributed by atoms with Crippen molar-refractivity contribution in [2.75, 3.05) is 25.6 Å². The third-order valence-electron chi connectivity index (χ3n) is 2.34. The van der Waals surface area contributed by atoms with Crippen LogP contribution < -0.4 is 5.32 Å². The van der Waals surface area contributed by atoms with Crippen molar-refractivity contribution in [2.45, 2.75) is 6.92 Å². The van der Waals surface area contributed by atoms with E-state index >= 15 is 0 Å². The van der Waals surface area contributed by atoms with E-state index in [0.29, 0.717) is 6.61 Å². The van der Waals surface area contributed by atoms with Crippen LogP contribution in [0.15, 0.2) is 30.7 Å². The zero-order valence-corrected chi connectivity index (χ0v) is 10.1. The van der Waals surface area contributed by atoms with Gasteiger partial charge in [-0.2, -0.15) is 0 Å². The zero-order valence-electron chi connectivity index (χ0n) is 10.1. The summed E-state index contributed by atoms with van der Waals surface area (Å²) in [6, 6.07) is 3.90. The third kappa shape index (κ3) is 2.82. The Kier molecular flexibility index (Phi) is 3.72. The van der Waals surface area contributed by atoms with Crippen molar-refractivity contribution >= 4 is 5.95 Å².